The number of nitrogens with one attached hydrogen (secondary N) is 1. The molecule has 0 aliphatic rings. The molecule has 0 unspecified atom stereocenters. The fourth-order valence-electron chi connectivity index (χ4n) is 0.604. The van der Waals surface area contributed by atoms with Crippen molar-refractivity contribution in [2.24, 2.45) is 0 Å². The highest BCUT2D eigenvalue weighted by Gasteiger charge is 2.15. The average Bonchev–Trinajstić information content (AvgIpc) is 1.79. The van der Waals surface area contributed by atoms with Gasteiger partial charge in [-0.15, -0.1) is 0 Å². The van der Waals surface area contributed by atoms with Gasteiger partial charge in [0.1, 0.15) is 0 Å². The summed E-state index contributed by atoms with van der Waals surface area (Å²) in [6.45, 7) is 10.2. The molecule has 0 aliphatic carbocycles. The minimum atomic E-state index is -1.45. The van der Waals surface area contributed by atoms with E-state index < -0.39 is 8.32 Å². The molecule has 2 nitrogen and oxygen atoms in total. The lowest BCUT2D eigenvalue weighted by molar-refractivity contribution is 0.443. The van der Waals surface area contributed by atoms with E-state index in [0.717, 1.165) is 5.76 Å². The molecular weight excluding hydrogens is 154 g/mol. The fourth-order valence-corrected chi connectivity index (χ4v) is 1.46. The number of rotatable bonds is 4. The van der Waals surface area contributed by atoms with Crippen LogP contribution in [-0.2, 0) is 4.43 Å². The second-order valence-electron chi connectivity index (χ2n) is 3.30. The SMILES string of the molecule is C=C(C=CNC)O[Si](C)(C)C. The summed E-state index contributed by atoms with van der Waals surface area (Å²) in [5, 5.41) is 2.88. The number of hydrogen-bond donors (Lipinski definition) is 1. The maximum Gasteiger partial charge on any atom is 0.242 e. The van der Waals surface area contributed by atoms with Crippen LogP contribution in [0.5, 0.6) is 0 Å². The molecule has 0 aromatic rings. The van der Waals surface area contributed by atoms with Crippen molar-refractivity contribution >= 4 is 8.32 Å². The molecule has 0 bridgehead atoms. The van der Waals surface area contributed by atoms with Crippen molar-refractivity contribution in [3.63, 3.8) is 0 Å². The van der Waals surface area contributed by atoms with E-state index in [1.54, 1.807) is 0 Å². The quantitative estimate of drug-likeness (QED) is 0.397. The van der Waals surface area contributed by atoms with Gasteiger partial charge in [0.05, 0.1) is 5.76 Å². The second-order valence-corrected chi connectivity index (χ2v) is 7.73. The Morgan fingerprint density at radius 1 is 1.45 bits per heavy atom. The molecule has 0 saturated heterocycles. The second kappa shape index (κ2) is 4.23. The van der Waals surface area contributed by atoms with Crippen molar-refractivity contribution in [2.45, 2.75) is 19.6 Å². The lowest BCUT2D eigenvalue weighted by atomic mass is 10.5. The maximum absolute atomic E-state index is 5.56. The molecule has 0 fully saturated rings. The van der Waals surface area contributed by atoms with Gasteiger partial charge < -0.3 is 9.74 Å². The molecule has 0 aliphatic heterocycles. The topological polar surface area (TPSA) is 21.3 Å². The summed E-state index contributed by atoms with van der Waals surface area (Å²) < 4.78 is 5.56. The Bertz CT molecular complexity index is 158. The van der Waals surface area contributed by atoms with Crippen LogP contribution in [0.25, 0.3) is 0 Å². The zero-order chi connectivity index (χ0) is 8.91. The van der Waals surface area contributed by atoms with Crippen LogP contribution in [0.4, 0.5) is 0 Å². The van der Waals surface area contributed by atoms with Crippen molar-refractivity contribution in [3.05, 3.63) is 24.6 Å². The first kappa shape index (κ1) is 10.3. The Kier molecular flexibility index (Phi) is 3.96. The molecule has 0 atom stereocenters. The summed E-state index contributed by atoms with van der Waals surface area (Å²) in [5.41, 5.74) is 0. The van der Waals surface area contributed by atoms with E-state index in [1.165, 1.54) is 0 Å². The van der Waals surface area contributed by atoms with Gasteiger partial charge in [-0.25, -0.2) is 0 Å². The molecule has 0 heterocycles. The molecule has 1 N–H and O–H groups in total. The molecule has 0 rings (SSSR count). The minimum absolute atomic E-state index is 0.735. The van der Waals surface area contributed by atoms with Crippen LogP contribution >= 0.6 is 0 Å². The van der Waals surface area contributed by atoms with Gasteiger partial charge in [-0.2, -0.15) is 0 Å². The first-order chi connectivity index (χ1) is 4.95. The van der Waals surface area contributed by atoms with Crippen LogP contribution in [-0.4, -0.2) is 15.4 Å². The van der Waals surface area contributed by atoms with E-state index in [4.69, 9.17) is 4.43 Å². The minimum Gasteiger partial charge on any atom is -0.545 e. The van der Waals surface area contributed by atoms with E-state index in [-0.39, 0.29) is 0 Å². The average molecular weight is 171 g/mol. The van der Waals surface area contributed by atoms with E-state index in [0.29, 0.717) is 0 Å². The van der Waals surface area contributed by atoms with Crippen LogP contribution < -0.4 is 5.32 Å². The molecule has 11 heavy (non-hydrogen) atoms. The zero-order valence-corrected chi connectivity index (χ0v) is 8.77. The third-order valence-corrected chi connectivity index (χ3v) is 1.75. The molecule has 3 heteroatoms. The number of allylic oxidation sites excluding steroid dienone is 1. The fraction of sp³-hybridized carbons (Fsp3) is 0.500. The van der Waals surface area contributed by atoms with Crippen molar-refractivity contribution in [1.82, 2.24) is 5.32 Å². The molecular formula is C8H17NOSi. The maximum atomic E-state index is 5.56. The molecule has 0 spiro atoms. The Balaban J connectivity index is 3.80. The summed E-state index contributed by atoms with van der Waals surface area (Å²) in [4.78, 5) is 0. The van der Waals surface area contributed by atoms with Gasteiger partial charge in [0.15, 0.2) is 0 Å². The van der Waals surface area contributed by atoms with Crippen molar-refractivity contribution in [3.8, 4) is 0 Å². The van der Waals surface area contributed by atoms with Gasteiger partial charge in [0.2, 0.25) is 8.32 Å². The standard InChI is InChI=1S/C8H17NOSi/c1-8(6-7-9-2)10-11(3,4)5/h6-7,9H,1H2,2-5H3. The predicted molar refractivity (Wildman–Crippen MR) is 51.8 cm³/mol. The van der Waals surface area contributed by atoms with Crippen LogP contribution in [0.3, 0.4) is 0 Å². The van der Waals surface area contributed by atoms with Crippen molar-refractivity contribution in [1.29, 1.82) is 0 Å². The molecule has 64 valence electrons. The zero-order valence-electron chi connectivity index (χ0n) is 7.77. The lowest BCUT2D eigenvalue weighted by Crippen LogP contribution is -2.24. The van der Waals surface area contributed by atoms with E-state index >= 15 is 0 Å². The summed E-state index contributed by atoms with van der Waals surface area (Å²) in [6.07, 6.45) is 3.64. The van der Waals surface area contributed by atoms with Crippen molar-refractivity contribution in [2.75, 3.05) is 7.05 Å². The Morgan fingerprint density at radius 2 is 2.00 bits per heavy atom. The van der Waals surface area contributed by atoms with Crippen molar-refractivity contribution < 1.29 is 4.43 Å². The summed E-state index contributed by atoms with van der Waals surface area (Å²) in [6, 6.07) is 0. The van der Waals surface area contributed by atoms with Gasteiger partial charge >= 0.3 is 0 Å². The van der Waals surface area contributed by atoms with Gasteiger partial charge in [-0.3, -0.25) is 0 Å². The Morgan fingerprint density at radius 3 is 2.36 bits per heavy atom. The highest BCUT2D eigenvalue weighted by molar-refractivity contribution is 6.70. The van der Waals surface area contributed by atoms with Crippen LogP contribution in [0, 0.1) is 0 Å². The normalized spacial score (nSPS) is 11.6. The van der Waals surface area contributed by atoms with Crippen LogP contribution in [0.2, 0.25) is 19.6 Å². The molecule has 0 radical (unpaired) electrons. The monoisotopic (exact) mass is 171 g/mol. The van der Waals surface area contributed by atoms with Gasteiger partial charge in [0, 0.05) is 7.05 Å². The summed E-state index contributed by atoms with van der Waals surface area (Å²) in [7, 11) is 0.397. The summed E-state index contributed by atoms with van der Waals surface area (Å²) in [5.74, 6) is 0.735. The molecule has 0 saturated carbocycles. The third-order valence-electron chi connectivity index (χ3n) is 0.873. The molecule has 0 aromatic carbocycles. The predicted octanol–water partition coefficient (Wildman–Crippen LogP) is 2.08. The van der Waals surface area contributed by atoms with Gasteiger partial charge in [0.25, 0.3) is 0 Å². The number of hydrogen-bond acceptors (Lipinski definition) is 2. The molecule has 0 amide bonds. The molecule has 0 aromatic heterocycles. The first-order valence-corrected chi connectivity index (χ1v) is 7.08. The highest BCUT2D eigenvalue weighted by Crippen LogP contribution is 2.08. The van der Waals surface area contributed by atoms with Gasteiger partial charge in [-0.05, 0) is 31.9 Å². The van der Waals surface area contributed by atoms with Crippen LogP contribution in [0.1, 0.15) is 0 Å². The highest BCUT2D eigenvalue weighted by atomic mass is 28.4. The lowest BCUT2D eigenvalue weighted by Gasteiger charge is -2.18. The van der Waals surface area contributed by atoms with E-state index in [2.05, 4.69) is 31.5 Å². The Labute approximate surface area is 70.1 Å². The smallest absolute Gasteiger partial charge is 0.242 e. The van der Waals surface area contributed by atoms with Crippen LogP contribution in [0.15, 0.2) is 24.6 Å². The van der Waals surface area contributed by atoms with E-state index in [1.807, 2.05) is 19.3 Å². The third kappa shape index (κ3) is 7.19. The first-order valence-electron chi connectivity index (χ1n) is 3.67. The summed E-state index contributed by atoms with van der Waals surface area (Å²) >= 11 is 0. The largest absolute Gasteiger partial charge is 0.545 e. The van der Waals surface area contributed by atoms with E-state index in [9.17, 15) is 0 Å². The van der Waals surface area contributed by atoms with Gasteiger partial charge in [-0.1, -0.05) is 6.58 Å². The Hall–Kier alpha value is -0.703.